The van der Waals surface area contributed by atoms with Crippen molar-refractivity contribution in [3.8, 4) is 0 Å². The number of amides is 1. The molecule has 2 atom stereocenters. The quantitative estimate of drug-likeness (QED) is 0.815. The van der Waals surface area contributed by atoms with E-state index in [-0.39, 0.29) is 18.1 Å². The molecule has 2 N–H and O–H groups in total. The van der Waals surface area contributed by atoms with Crippen molar-refractivity contribution in [2.24, 2.45) is 0 Å². The zero-order chi connectivity index (χ0) is 13.5. The van der Waals surface area contributed by atoms with Gasteiger partial charge in [0.15, 0.2) is 0 Å². The number of thioether (sulfide) groups is 1. The molecular weight excluding hydrogens is 258 g/mol. The van der Waals surface area contributed by atoms with Crippen LogP contribution in [0.5, 0.6) is 0 Å². The van der Waals surface area contributed by atoms with Crippen LogP contribution in [0.15, 0.2) is 35.2 Å². The molecule has 0 aliphatic heterocycles. The molecule has 0 bridgehead atoms. The summed E-state index contributed by atoms with van der Waals surface area (Å²) in [6.45, 7) is 0. The van der Waals surface area contributed by atoms with E-state index in [1.165, 1.54) is 4.90 Å². The zero-order valence-electron chi connectivity index (χ0n) is 11.0. The Balaban J connectivity index is 1.64. The van der Waals surface area contributed by atoms with Crippen LogP contribution in [0.2, 0.25) is 0 Å². The molecule has 0 heterocycles. The second-order valence-electron chi connectivity index (χ2n) is 5.00. The first-order valence-corrected chi connectivity index (χ1v) is 7.88. The molecule has 4 heteroatoms. The number of rotatable bonds is 5. The largest absolute Gasteiger partial charge is 0.393 e. The van der Waals surface area contributed by atoms with Gasteiger partial charge in [0.25, 0.3) is 0 Å². The fraction of sp³-hybridized carbons (Fsp3) is 0.533. The van der Waals surface area contributed by atoms with Crippen molar-refractivity contribution >= 4 is 17.7 Å². The van der Waals surface area contributed by atoms with Gasteiger partial charge in [0.2, 0.25) is 5.91 Å². The van der Waals surface area contributed by atoms with E-state index >= 15 is 0 Å². The number of hydrogen-bond donors (Lipinski definition) is 2. The van der Waals surface area contributed by atoms with Crippen LogP contribution in [-0.4, -0.2) is 28.9 Å². The second-order valence-corrected chi connectivity index (χ2v) is 6.16. The Bertz CT molecular complexity index is 396. The standard InChI is InChI=1S/C15H21NO2S/c17-13-6-4-5-12(11-13)16-15(18)9-10-19-14-7-2-1-3-8-14/h1-3,7-8,12-13,17H,4-6,9-11H2,(H,16,18)/t12-,13-/m0/s1. The first-order valence-electron chi connectivity index (χ1n) is 6.89. The Morgan fingerprint density at radius 1 is 1.32 bits per heavy atom. The van der Waals surface area contributed by atoms with Gasteiger partial charge in [0, 0.05) is 23.1 Å². The number of benzene rings is 1. The summed E-state index contributed by atoms with van der Waals surface area (Å²) in [5, 5.41) is 12.6. The molecule has 0 aromatic heterocycles. The molecule has 2 rings (SSSR count). The fourth-order valence-electron chi connectivity index (χ4n) is 2.37. The van der Waals surface area contributed by atoms with E-state index < -0.39 is 0 Å². The van der Waals surface area contributed by atoms with E-state index in [9.17, 15) is 9.90 Å². The topological polar surface area (TPSA) is 49.3 Å². The highest BCUT2D eigenvalue weighted by Crippen LogP contribution is 2.20. The van der Waals surface area contributed by atoms with Crippen LogP contribution in [0.3, 0.4) is 0 Å². The fourth-order valence-corrected chi connectivity index (χ4v) is 3.25. The maximum Gasteiger partial charge on any atom is 0.221 e. The average molecular weight is 279 g/mol. The van der Waals surface area contributed by atoms with Crippen LogP contribution in [0.1, 0.15) is 32.1 Å². The summed E-state index contributed by atoms with van der Waals surface area (Å²) in [6, 6.07) is 10.3. The number of hydrogen-bond acceptors (Lipinski definition) is 3. The third-order valence-corrected chi connectivity index (χ3v) is 4.37. The van der Waals surface area contributed by atoms with Gasteiger partial charge in [0.05, 0.1) is 6.10 Å². The minimum atomic E-state index is -0.238. The molecule has 1 aliphatic rings. The number of aliphatic hydroxyl groups excluding tert-OH is 1. The van der Waals surface area contributed by atoms with Crippen molar-refractivity contribution in [2.45, 2.75) is 49.1 Å². The molecule has 1 saturated carbocycles. The molecular formula is C15H21NO2S. The van der Waals surface area contributed by atoms with Crippen molar-refractivity contribution in [3.05, 3.63) is 30.3 Å². The van der Waals surface area contributed by atoms with E-state index in [0.717, 1.165) is 25.0 Å². The highest BCUT2D eigenvalue weighted by atomic mass is 32.2. The molecule has 3 nitrogen and oxygen atoms in total. The predicted octanol–water partition coefficient (Wildman–Crippen LogP) is 2.59. The van der Waals surface area contributed by atoms with Gasteiger partial charge < -0.3 is 10.4 Å². The van der Waals surface area contributed by atoms with Gasteiger partial charge in [-0.1, -0.05) is 18.2 Å². The van der Waals surface area contributed by atoms with Gasteiger partial charge in [-0.25, -0.2) is 0 Å². The lowest BCUT2D eigenvalue weighted by Crippen LogP contribution is -2.39. The van der Waals surface area contributed by atoms with Crippen LogP contribution in [0.25, 0.3) is 0 Å². The molecule has 19 heavy (non-hydrogen) atoms. The number of aliphatic hydroxyl groups is 1. The van der Waals surface area contributed by atoms with Crippen molar-refractivity contribution in [1.82, 2.24) is 5.32 Å². The first-order chi connectivity index (χ1) is 9.24. The van der Waals surface area contributed by atoms with Crippen LogP contribution >= 0.6 is 11.8 Å². The van der Waals surface area contributed by atoms with E-state index in [1.807, 2.05) is 18.2 Å². The normalized spacial score (nSPS) is 23.0. The summed E-state index contributed by atoms with van der Waals surface area (Å²) in [5.41, 5.74) is 0. The molecule has 0 saturated heterocycles. The highest BCUT2D eigenvalue weighted by molar-refractivity contribution is 7.99. The Morgan fingerprint density at radius 3 is 2.84 bits per heavy atom. The number of carbonyl (C=O) groups is 1. The lowest BCUT2D eigenvalue weighted by molar-refractivity contribution is -0.121. The summed E-state index contributed by atoms with van der Waals surface area (Å²) < 4.78 is 0. The monoisotopic (exact) mass is 279 g/mol. The molecule has 1 fully saturated rings. The third kappa shape index (κ3) is 5.25. The predicted molar refractivity (Wildman–Crippen MR) is 78.2 cm³/mol. The Hall–Kier alpha value is -1.00. The number of nitrogens with one attached hydrogen (secondary N) is 1. The van der Waals surface area contributed by atoms with Gasteiger partial charge >= 0.3 is 0 Å². The summed E-state index contributed by atoms with van der Waals surface area (Å²) in [6.07, 6.45) is 3.87. The summed E-state index contributed by atoms with van der Waals surface area (Å²) in [7, 11) is 0. The molecule has 1 aromatic rings. The third-order valence-electron chi connectivity index (χ3n) is 3.35. The average Bonchev–Trinajstić information content (AvgIpc) is 2.40. The van der Waals surface area contributed by atoms with E-state index in [0.29, 0.717) is 12.8 Å². The number of carbonyl (C=O) groups excluding carboxylic acids is 1. The van der Waals surface area contributed by atoms with E-state index in [4.69, 9.17) is 0 Å². The molecule has 0 spiro atoms. The smallest absolute Gasteiger partial charge is 0.221 e. The minimum Gasteiger partial charge on any atom is -0.393 e. The van der Waals surface area contributed by atoms with Crippen LogP contribution in [0.4, 0.5) is 0 Å². The molecule has 0 unspecified atom stereocenters. The van der Waals surface area contributed by atoms with Gasteiger partial charge in [0.1, 0.15) is 0 Å². The van der Waals surface area contributed by atoms with Crippen LogP contribution < -0.4 is 5.32 Å². The summed E-state index contributed by atoms with van der Waals surface area (Å²) in [4.78, 5) is 13.0. The summed E-state index contributed by atoms with van der Waals surface area (Å²) in [5.74, 6) is 0.896. The molecule has 1 aromatic carbocycles. The lowest BCUT2D eigenvalue weighted by atomic mass is 9.93. The van der Waals surface area contributed by atoms with Crippen molar-refractivity contribution in [1.29, 1.82) is 0 Å². The Labute approximate surface area is 118 Å². The van der Waals surface area contributed by atoms with Gasteiger partial charge in [-0.05, 0) is 37.8 Å². The van der Waals surface area contributed by atoms with Gasteiger partial charge in [-0.15, -0.1) is 11.8 Å². The van der Waals surface area contributed by atoms with Crippen molar-refractivity contribution < 1.29 is 9.90 Å². The molecule has 1 amide bonds. The SMILES string of the molecule is O=C(CCSc1ccccc1)N[C@H]1CCC[C@H](O)C1. The van der Waals surface area contributed by atoms with Gasteiger partial charge in [-0.2, -0.15) is 0 Å². The Kier molecular flexibility index (Phi) is 5.73. The minimum absolute atomic E-state index is 0.0996. The van der Waals surface area contributed by atoms with Gasteiger partial charge in [-0.3, -0.25) is 4.79 Å². The molecule has 104 valence electrons. The Morgan fingerprint density at radius 2 is 2.11 bits per heavy atom. The second kappa shape index (κ2) is 7.56. The van der Waals surface area contributed by atoms with E-state index in [2.05, 4.69) is 17.4 Å². The van der Waals surface area contributed by atoms with Crippen molar-refractivity contribution in [2.75, 3.05) is 5.75 Å². The van der Waals surface area contributed by atoms with Crippen LogP contribution in [0, 0.1) is 0 Å². The molecule has 0 radical (unpaired) electrons. The van der Waals surface area contributed by atoms with Crippen molar-refractivity contribution in [3.63, 3.8) is 0 Å². The highest BCUT2D eigenvalue weighted by Gasteiger charge is 2.21. The first kappa shape index (κ1) is 14.4. The zero-order valence-corrected chi connectivity index (χ0v) is 11.9. The van der Waals surface area contributed by atoms with Crippen LogP contribution in [-0.2, 0) is 4.79 Å². The summed E-state index contributed by atoms with van der Waals surface area (Å²) >= 11 is 1.70. The van der Waals surface area contributed by atoms with E-state index in [1.54, 1.807) is 11.8 Å². The molecule has 1 aliphatic carbocycles. The maximum absolute atomic E-state index is 11.8. The maximum atomic E-state index is 11.8. The lowest BCUT2D eigenvalue weighted by Gasteiger charge is -2.26.